The van der Waals surface area contributed by atoms with E-state index in [4.69, 9.17) is 5.11 Å². The van der Waals surface area contributed by atoms with Crippen molar-refractivity contribution in [1.29, 1.82) is 0 Å². The first-order chi connectivity index (χ1) is 14.7. The van der Waals surface area contributed by atoms with Crippen LogP contribution in [0.25, 0.3) is 0 Å². The van der Waals surface area contributed by atoms with Crippen LogP contribution in [-0.2, 0) is 0 Å². The van der Waals surface area contributed by atoms with E-state index in [0.717, 1.165) is 23.3 Å². The lowest BCUT2D eigenvalue weighted by molar-refractivity contribution is -0.385. The summed E-state index contributed by atoms with van der Waals surface area (Å²) in [5.41, 5.74) is 2.23. The molecule has 31 heavy (non-hydrogen) atoms. The Hall–Kier alpha value is -4.20. The molecular formula is C23H20N2O6. The maximum atomic E-state index is 12.9. The Balaban J connectivity index is 1.88. The molecule has 0 aliphatic rings. The Morgan fingerprint density at radius 2 is 1.61 bits per heavy atom. The quantitative estimate of drug-likeness (QED) is 0.273. The highest BCUT2D eigenvalue weighted by atomic mass is 16.6. The van der Waals surface area contributed by atoms with E-state index >= 15 is 0 Å². The first-order valence-corrected chi connectivity index (χ1v) is 9.41. The van der Waals surface area contributed by atoms with Gasteiger partial charge in [0.25, 0.3) is 0 Å². The van der Waals surface area contributed by atoms with Crippen molar-refractivity contribution in [3.8, 4) is 5.75 Å². The van der Waals surface area contributed by atoms with Gasteiger partial charge in [-0.25, -0.2) is 4.79 Å². The van der Waals surface area contributed by atoms with Crippen molar-refractivity contribution in [2.45, 2.75) is 19.4 Å². The molecule has 158 valence electrons. The number of hydrogen-bond acceptors (Lipinski definition) is 6. The van der Waals surface area contributed by atoms with E-state index in [9.17, 15) is 24.8 Å². The highest BCUT2D eigenvalue weighted by molar-refractivity contribution is 5.97. The van der Waals surface area contributed by atoms with Crippen molar-refractivity contribution in [2.24, 2.45) is 0 Å². The van der Waals surface area contributed by atoms with Gasteiger partial charge in [0, 0.05) is 23.7 Å². The molecule has 0 saturated carbocycles. The van der Waals surface area contributed by atoms with Gasteiger partial charge in [0.1, 0.15) is 0 Å². The first-order valence-electron chi connectivity index (χ1n) is 9.41. The minimum absolute atomic E-state index is 0.00826. The normalized spacial score (nSPS) is 11.5. The average molecular weight is 420 g/mol. The maximum Gasteiger partial charge on any atom is 0.335 e. The summed E-state index contributed by atoms with van der Waals surface area (Å²) in [7, 11) is 0. The zero-order valence-corrected chi connectivity index (χ0v) is 16.6. The number of phenolic OH excluding ortho intramolecular Hbond substituents is 1. The summed E-state index contributed by atoms with van der Waals surface area (Å²) in [5.74, 6) is -1.89. The fraction of sp³-hybridized carbons (Fsp3) is 0.130. The van der Waals surface area contributed by atoms with Gasteiger partial charge in [0.2, 0.25) is 0 Å². The smallest absolute Gasteiger partial charge is 0.335 e. The number of carbonyl (C=O) groups is 2. The summed E-state index contributed by atoms with van der Waals surface area (Å²) < 4.78 is 0. The van der Waals surface area contributed by atoms with Gasteiger partial charge in [0.15, 0.2) is 11.5 Å². The van der Waals surface area contributed by atoms with E-state index in [1.165, 1.54) is 18.2 Å². The van der Waals surface area contributed by atoms with Crippen LogP contribution in [0.4, 0.5) is 11.4 Å². The number of Topliss-reactive ketones (excluding diaryl/α,β-unsaturated/α-hetero) is 1. The number of aromatic carboxylic acids is 1. The highest BCUT2D eigenvalue weighted by Crippen LogP contribution is 2.29. The van der Waals surface area contributed by atoms with E-state index in [-0.39, 0.29) is 23.3 Å². The van der Waals surface area contributed by atoms with E-state index in [1.807, 2.05) is 31.2 Å². The molecule has 0 fully saturated rings. The summed E-state index contributed by atoms with van der Waals surface area (Å²) in [5, 5.41) is 33.0. The van der Waals surface area contributed by atoms with Crippen LogP contribution in [0.1, 0.15) is 44.3 Å². The molecule has 8 nitrogen and oxygen atoms in total. The van der Waals surface area contributed by atoms with Crippen LogP contribution in [-0.4, -0.2) is 26.9 Å². The third-order valence-electron chi connectivity index (χ3n) is 4.84. The third kappa shape index (κ3) is 5.24. The molecule has 0 aliphatic carbocycles. The molecule has 0 saturated heterocycles. The van der Waals surface area contributed by atoms with Gasteiger partial charge in [-0.15, -0.1) is 0 Å². The monoisotopic (exact) mass is 420 g/mol. The fourth-order valence-corrected chi connectivity index (χ4v) is 3.11. The van der Waals surface area contributed by atoms with Crippen LogP contribution in [0.5, 0.6) is 5.75 Å². The number of benzene rings is 3. The van der Waals surface area contributed by atoms with Crippen LogP contribution in [0.3, 0.4) is 0 Å². The molecule has 0 amide bonds. The lowest BCUT2D eigenvalue weighted by Gasteiger charge is -2.20. The van der Waals surface area contributed by atoms with Crippen LogP contribution < -0.4 is 5.32 Å². The summed E-state index contributed by atoms with van der Waals surface area (Å²) in [6.45, 7) is 1.94. The molecular weight excluding hydrogens is 400 g/mol. The van der Waals surface area contributed by atoms with Crippen LogP contribution in [0, 0.1) is 17.0 Å². The van der Waals surface area contributed by atoms with Gasteiger partial charge in [-0.2, -0.15) is 0 Å². The second-order valence-electron chi connectivity index (χ2n) is 7.08. The number of nitro benzene ring substituents is 1. The largest absolute Gasteiger partial charge is 0.502 e. The maximum absolute atomic E-state index is 12.9. The third-order valence-corrected chi connectivity index (χ3v) is 4.84. The van der Waals surface area contributed by atoms with E-state index in [2.05, 4.69) is 5.32 Å². The summed E-state index contributed by atoms with van der Waals surface area (Å²) >= 11 is 0. The number of nitrogens with zero attached hydrogens (tertiary/aromatic N) is 1. The summed E-state index contributed by atoms with van der Waals surface area (Å²) in [4.78, 5) is 34.3. The fourth-order valence-electron chi connectivity index (χ4n) is 3.11. The highest BCUT2D eigenvalue weighted by Gasteiger charge is 2.21. The lowest BCUT2D eigenvalue weighted by atomic mass is 9.96. The molecule has 0 heterocycles. The van der Waals surface area contributed by atoms with Gasteiger partial charge in [-0.1, -0.05) is 29.8 Å². The molecule has 3 aromatic rings. The molecule has 1 unspecified atom stereocenters. The molecule has 3 N–H and O–H groups in total. The predicted molar refractivity (Wildman–Crippen MR) is 115 cm³/mol. The van der Waals surface area contributed by atoms with E-state index < -0.39 is 28.4 Å². The molecule has 0 aromatic heterocycles. The molecule has 1 atom stereocenters. The minimum Gasteiger partial charge on any atom is -0.502 e. The number of phenols is 1. The van der Waals surface area contributed by atoms with Crippen LogP contribution in [0.2, 0.25) is 0 Å². The predicted octanol–water partition coefficient (Wildman–Crippen LogP) is 4.73. The molecule has 0 spiro atoms. The molecule has 0 aliphatic heterocycles. The lowest BCUT2D eigenvalue weighted by Crippen LogP contribution is -2.16. The molecule has 8 heteroatoms. The summed E-state index contributed by atoms with van der Waals surface area (Å²) in [6, 6.07) is 16.8. The number of nitrogens with one attached hydrogen (secondary N) is 1. The molecule has 3 aromatic carbocycles. The number of aryl methyl sites for hydroxylation is 1. The van der Waals surface area contributed by atoms with Crippen molar-refractivity contribution < 1.29 is 24.7 Å². The number of carboxylic acids is 1. The number of rotatable bonds is 8. The second-order valence-corrected chi connectivity index (χ2v) is 7.08. The number of anilines is 1. The number of carbonyl (C=O) groups excluding carboxylic acids is 1. The van der Waals surface area contributed by atoms with Crippen LogP contribution >= 0.6 is 0 Å². The van der Waals surface area contributed by atoms with Gasteiger partial charge in [-0.05, 0) is 48.9 Å². The Bertz CT molecular complexity index is 1120. The Kier molecular flexibility index (Phi) is 6.30. The van der Waals surface area contributed by atoms with Gasteiger partial charge < -0.3 is 15.5 Å². The van der Waals surface area contributed by atoms with Gasteiger partial charge >= 0.3 is 11.7 Å². The first kappa shape index (κ1) is 21.5. The van der Waals surface area contributed by atoms with E-state index in [0.29, 0.717) is 5.69 Å². The van der Waals surface area contributed by atoms with Crippen molar-refractivity contribution in [3.63, 3.8) is 0 Å². The Labute approximate surface area is 177 Å². The SMILES string of the molecule is Cc1ccc(C(CC(=O)c2ccc(O)c([N+](=O)[O-])c2)Nc2ccc(C(=O)O)cc2)cc1. The topological polar surface area (TPSA) is 130 Å². The second kappa shape index (κ2) is 9.08. The van der Waals surface area contributed by atoms with Crippen molar-refractivity contribution in [2.75, 3.05) is 5.32 Å². The number of nitro groups is 1. The Morgan fingerprint density at radius 1 is 1.00 bits per heavy atom. The number of hydrogen-bond donors (Lipinski definition) is 3. The van der Waals surface area contributed by atoms with Crippen molar-refractivity contribution >= 4 is 23.1 Å². The van der Waals surface area contributed by atoms with Gasteiger partial charge in [-0.3, -0.25) is 14.9 Å². The number of ketones is 1. The standard InChI is InChI=1S/C23H20N2O6/c1-14-2-4-15(5-3-14)19(24-18-9-6-16(7-10-18)23(28)29)13-22(27)17-8-11-21(26)20(12-17)25(30)31/h2-12,19,24,26H,13H2,1H3,(H,28,29). The van der Waals surface area contributed by atoms with Crippen LogP contribution in [0.15, 0.2) is 66.7 Å². The Morgan fingerprint density at radius 3 is 2.19 bits per heavy atom. The average Bonchev–Trinajstić information content (AvgIpc) is 2.74. The molecule has 0 radical (unpaired) electrons. The van der Waals surface area contributed by atoms with Crippen molar-refractivity contribution in [3.05, 3.63) is 99.1 Å². The number of carboxylic acid groups (broad SMARTS) is 1. The van der Waals surface area contributed by atoms with Gasteiger partial charge in [0.05, 0.1) is 16.5 Å². The van der Waals surface area contributed by atoms with E-state index in [1.54, 1.807) is 12.1 Å². The number of aromatic hydroxyl groups is 1. The molecule has 0 bridgehead atoms. The molecule has 3 rings (SSSR count). The zero-order valence-electron chi connectivity index (χ0n) is 16.6. The minimum atomic E-state index is -1.04. The summed E-state index contributed by atoms with van der Waals surface area (Å²) in [6.07, 6.45) is -0.00826. The van der Waals surface area contributed by atoms with Crippen molar-refractivity contribution in [1.82, 2.24) is 0 Å². The zero-order chi connectivity index (χ0) is 22.5.